The van der Waals surface area contributed by atoms with Crippen molar-refractivity contribution in [3.05, 3.63) is 27.7 Å². The number of benzene rings is 1. The minimum atomic E-state index is -0.0681. The molecule has 0 bridgehead atoms. The van der Waals surface area contributed by atoms with Crippen LogP contribution < -0.4 is 0 Å². The molecular weight excluding hydrogens is 187 g/mol. The molecule has 0 aliphatic heterocycles. The Morgan fingerprint density at radius 3 is 2.55 bits per heavy atom. The Hall–Kier alpha value is -0.730. The summed E-state index contributed by atoms with van der Waals surface area (Å²) in [4.78, 5) is 10.3. The highest BCUT2D eigenvalue weighted by Gasteiger charge is 2.05. The van der Waals surface area contributed by atoms with E-state index in [1.807, 2.05) is 0 Å². The molecule has 11 heavy (non-hydrogen) atoms. The molecule has 58 valence electrons. The number of rotatable bonds is 1. The number of carbonyl (C=O) groups excluding carboxylic acids is 1. The summed E-state index contributed by atoms with van der Waals surface area (Å²) < 4.78 is 0. The van der Waals surface area contributed by atoms with Crippen molar-refractivity contribution in [2.45, 2.75) is 0 Å². The van der Waals surface area contributed by atoms with Gasteiger partial charge in [0.1, 0.15) is 5.75 Å². The van der Waals surface area contributed by atoms with Gasteiger partial charge in [0.05, 0.1) is 10.0 Å². The first-order valence-corrected chi connectivity index (χ1v) is 3.54. The Labute approximate surface area is 73.4 Å². The zero-order chi connectivity index (χ0) is 8.43. The number of phenolic OH excluding ortho intramolecular Hbond substituents is 1. The van der Waals surface area contributed by atoms with Gasteiger partial charge in [-0.3, -0.25) is 4.79 Å². The average molecular weight is 191 g/mol. The van der Waals surface area contributed by atoms with Gasteiger partial charge in [0.15, 0.2) is 6.29 Å². The van der Waals surface area contributed by atoms with Gasteiger partial charge in [-0.1, -0.05) is 23.2 Å². The molecule has 0 aliphatic carbocycles. The van der Waals surface area contributed by atoms with Gasteiger partial charge in [-0.2, -0.15) is 0 Å². The summed E-state index contributed by atoms with van der Waals surface area (Å²) in [6.07, 6.45) is 0.536. The molecule has 2 nitrogen and oxygen atoms in total. The second-order valence-corrected chi connectivity index (χ2v) is 2.73. The summed E-state index contributed by atoms with van der Waals surface area (Å²) in [7, 11) is 0. The van der Waals surface area contributed by atoms with Gasteiger partial charge >= 0.3 is 0 Å². The molecule has 0 amide bonds. The lowest BCUT2D eigenvalue weighted by Gasteiger charge is -1.99. The van der Waals surface area contributed by atoms with Crippen molar-refractivity contribution in [2.24, 2.45) is 0 Å². The summed E-state index contributed by atoms with van der Waals surface area (Å²) in [5.74, 6) is -0.0681. The molecule has 0 heterocycles. The van der Waals surface area contributed by atoms with Crippen LogP contribution in [0.1, 0.15) is 10.4 Å². The van der Waals surface area contributed by atoms with E-state index in [4.69, 9.17) is 28.3 Å². The summed E-state index contributed by atoms with van der Waals surface area (Å²) in [6, 6.07) is 2.53. The fourth-order valence-electron chi connectivity index (χ4n) is 0.681. The minimum Gasteiger partial charge on any atom is -0.508 e. The lowest BCUT2D eigenvalue weighted by molar-refractivity contribution is 0.112. The first kappa shape index (κ1) is 8.37. The minimum absolute atomic E-state index is 0.0681. The normalized spacial score (nSPS) is 9.64. The third kappa shape index (κ3) is 1.64. The molecule has 1 N–H and O–H groups in total. The van der Waals surface area contributed by atoms with Gasteiger partial charge in [-0.15, -0.1) is 0 Å². The maximum absolute atomic E-state index is 10.3. The number of halogens is 2. The Morgan fingerprint density at radius 2 is 2.00 bits per heavy atom. The van der Waals surface area contributed by atoms with E-state index in [9.17, 15) is 4.79 Å². The standard InChI is InChI=1S/C7H4Cl2O2/c8-6-2-5(11)1-4(3-10)7(6)9/h1-3,11H. The molecule has 1 rings (SSSR count). The SMILES string of the molecule is O=Cc1cc(O)cc(Cl)c1Cl. The van der Waals surface area contributed by atoms with Crippen LogP contribution in [0.15, 0.2) is 12.1 Å². The molecule has 1 aromatic carbocycles. The maximum Gasteiger partial charge on any atom is 0.151 e. The highest BCUT2D eigenvalue weighted by Crippen LogP contribution is 2.28. The van der Waals surface area contributed by atoms with E-state index in [0.29, 0.717) is 6.29 Å². The van der Waals surface area contributed by atoms with Crippen molar-refractivity contribution in [1.82, 2.24) is 0 Å². The Morgan fingerprint density at radius 1 is 1.36 bits per heavy atom. The quantitative estimate of drug-likeness (QED) is 0.692. The van der Waals surface area contributed by atoms with Crippen LogP contribution in [0, 0.1) is 0 Å². The van der Waals surface area contributed by atoms with Crippen molar-refractivity contribution in [3.8, 4) is 5.75 Å². The first-order valence-electron chi connectivity index (χ1n) is 2.78. The van der Waals surface area contributed by atoms with E-state index in [1.165, 1.54) is 12.1 Å². The van der Waals surface area contributed by atoms with E-state index in [-0.39, 0.29) is 21.4 Å². The van der Waals surface area contributed by atoms with Gasteiger partial charge < -0.3 is 5.11 Å². The highest BCUT2D eigenvalue weighted by molar-refractivity contribution is 6.43. The van der Waals surface area contributed by atoms with E-state index >= 15 is 0 Å². The van der Waals surface area contributed by atoms with E-state index in [1.54, 1.807) is 0 Å². The van der Waals surface area contributed by atoms with Crippen LogP contribution >= 0.6 is 23.2 Å². The molecule has 0 aliphatic rings. The van der Waals surface area contributed by atoms with Crippen molar-refractivity contribution in [2.75, 3.05) is 0 Å². The Bertz CT molecular complexity index is 297. The first-order chi connectivity index (χ1) is 5.15. The van der Waals surface area contributed by atoms with E-state index in [0.717, 1.165) is 0 Å². The fraction of sp³-hybridized carbons (Fsp3) is 0. The second kappa shape index (κ2) is 3.11. The topological polar surface area (TPSA) is 37.3 Å². The number of aldehydes is 1. The largest absolute Gasteiger partial charge is 0.508 e. The number of hydrogen-bond donors (Lipinski definition) is 1. The highest BCUT2D eigenvalue weighted by atomic mass is 35.5. The zero-order valence-corrected chi connectivity index (χ0v) is 6.86. The van der Waals surface area contributed by atoms with Gasteiger partial charge in [-0.25, -0.2) is 0 Å². The number of carbonyl (C=O) groups is 1. The summed E-state index contributed by atoms with van der Waals surface area (Å²) in [5.41, 5.74) is 0.191. The summed E-state index contributed by atoms with van der Waals surface area (Å²) in [5, 5.41) is 9.29. The number of aromatic hydroxyl groups is 1. The molecule has 0 unspecified atom stereocenters. The summed E-state index contributed by atoms with van der Waals surface area (Å²) >= 11 is 11.1. The predicted molar refractivity (Wildman–Crippen MR) is 43.5 cm³/mol. The van der Waals surface area contributed by atoms with Crippen LogP contribution in [0.5, 0.6) is 5.75 Å². The number of hydrogen-bond acceptors (Lipinski definition) is 2. The average Bonchev–Trinajstić information content (AvgIpc) is 1.96. The monoisotopic (exact) mass is 190 g/mol. The van der Waals surface area contributed by atoms with Gasteiger partial charge in [0, 0.05) is 11.6 Å². The van der Waals surface area contributed by atoms with Crippen molar-refractivity contribution in [3.63, 3.8) is 0 Å². The molecule has 0 radical (unpaired) electrons. The third-order valence-electron chi connectivity index (χ3n) is 1.17. The smallest absolute Gasteiger partial charge is 0.151 e. The number of phenols is 1. The molecule has 0 aromatic heterocycles. The van der Waals surface area contributed by atoms with Crippen molar-refractivity contribution < 1.29 is 9.90 Å². The van der Waals surface area contributed by atoms with Gasteiger partial charge in [0.25, 0.3) is 0 Å². The fourth-order valence-corrected chi connectivity index (χ4v) is 1.06. The van der Waals surface area contributed by atoms with Crippen LogP contribution in [0.25, 0.3) is 0 Å². The molecule has 0 saturated carbocycles. The molecule has 0 saturated heterocycles. The third-order valence-corrected chi connectivity index (χ3v) is 1.98. The van der Waals surface area contributed by atoms with Crippen LogP contribution in [0.3, 0.4) is 0 Å². The predicted octanol–water partition coefficient (Wildman–Crippen LogP) is 2.51. The van der Waals surface area contributed by atoms with Crippen LogP contribution in [0.4, 0.5) is 0 Å². The molecular formula is C7H4Cl2O2. The van der Waals surface area contributed by atoms with Crippen molar-refractivity contribution >= 4 is 29.5 Å². The second-order valence-electron chi connectivity index (χ2n) is 1.95. The molecule has 1 aromatic rings. The van der Waals surface area contributed by atoms with E-state index < -0.39 is 0 Å². The lowest BCUT2D eigenvalue weighted by Crippen LogP contribution is -1.82. The van der Waals surface area contributed by atoms with Crippen LogP contribution in [-0.2, 0) is 0 Å². The van der Waals surface area contributed by atoms with Crippen LogP contribution in [-0.4, -0.2) is 11.4 Å². The zero-order valence-electron chi connectivity index (χ0n) is 5.34. The Balaban J connectivity index is 3.35. The maximum atomic E-state index is 10.3. The van der Waals surface area contributed by atoms with Gasteiger partial charge in [0.2, 0.25) is 0 Å². The molecule has 4 heteroatoms. The van der Waals surface area contributed by atoms with Crippen molar-refractivity contribution in [1.29, 1.82) is 0 Å². The summed E-state index contributed by atoms with van der Waals surface area (Å²) in [6.45, 7) is 0. The van der Waals surface area contributed by atoms with Gasteiger partial charge in [-0.05, 0) is 6.07 Å². The molecule has 0 spiro atoms. The van der Waals surface area contributed by atoms with E-state index in [2.05, 4.69) is 0 Å². The van der Waals surface area contributed by atoms with Crippen LogP contribution in [0.2, 0.25) is 10.0 Å². The molecule has 0 fully saturated rings. The molecule has 0 atom stereocenters. The lowest BCUT2D eigenvalue weighted by atomic mass is 10.2. The Kier molecular flexibility index (Phi) is 2.37.